The van der Waals surface area contributed by atoms with Crippen molar-refractivity contribution in [2.75, 3.05) is 0 Å². The quantitative estimate of drug-likeness (QED) is 0.398. The summed E-state index contributed by atoms with van der Waals surface area (Å²) in [5, 5.41) is 11.6. The fourth-order valence-electron chi connectivity index (χ4n) is 4.73. The molecule has 5 aromatic rings. The van der Waals surface area contributed by atoms with E-state index < -0.39 is 0 Å². The summed E-state index contributed by atoms with van der Waals surface area (Å²) in [4.78, 5) is 27.5. The zero-order chi connectivity index (χ0) is 22.5. The van der Waals surface area contributed by atoms with Gasteiger partial charge in [0.2, 0.25) is 5.82 Å². The number of hydrogen-bond donors (Lipinski definition) is 2. The van der Waals surface area contributed by atoms with Crippen LogP contribution in [0.5, 0.6) is 0 Å². The van der Waals surface area contributed by atoms with E-state index >= 15 is 0 Å². The fraction of sp³-hybridized carbons (Fsp3) is 0.304. The van der Waals surface area contributed by atoms with Gasteiger partial charge in [0.1, 0.15) is 11.2 Å². The maximum Gasteiger partial charge on any atom is 0.458 e. The van der Waals surface area contributed by atoms with Crippen molar-refractivity contribution in [3.05, 3.63) is 63.6 Å². The van der Waals surface area contributed by atoms with Crippen LogP contribution in [-0.4, -0.2) is 34.8 Å². The SMILES string of the molecule is Cc1nc2nc3ccn(-c4n[nH]c(C5CCCCC5)n4)c(=O)c3c(-c3cccc(Cl)c3)[n+]2[nH]1. The van der Waals surface area contributed by atoms with Gasteiger partial charge in [-0.05, 0) is 31.0 Å². The fourth-order valence-corrected chi connectivity index (χ4v) is 4.92. The van der Waals surface area contributed by atoms with Crippen LogP contribution in [0.25, 0.3) is 33.9 Å². The van der Waals surface area contributed by atoms with Gasteiger partial charge in [-0.3, -0.25) is 9.89 Å². The van der Waals surface area contributed by atoms with E-state index in [-0.39, 0.29) is 5.56 Å². The number of nitrogens with zero attached hydrogens (tertiary/aromatic N) is 6. The summed E-state index contributed by atoms with van der Waals surface area (Å²) in [6.45, 7) is 1.85. The molecule has 6 rings (SSSR count). The molecule has 1 saturated carbocycles. The molecule has 33 heavy (non-hydrogen) atoms. The van der Waals surface area contributed by atoms with Gasteiger partial charge < -0.3 is 0 Å². The summed E-state index contributed by atoms with van der Waals surface area (Å²) in [5.41, 5.74) is 1.70. The van der Waals surface area contributed by atoms with Crippen LogP contribution in [0.3, 0.4) is 0 Å². The Kier molecular flexibility index (Phi) is 4.72. The highest BCUT2D eigenvalue weighted by Gasteiger charge is 2.26. The normalized spacial score (nSPS) is 15.0. The van der Waals surface area contributed by atoms with Gasteiger partial charge in [-0.1, -0.05) is 53.0 Å². The van der Waals surface area contributed by atoms with E-state index in [1.165, 1.54) is 23.8 Å². The van der Waals surface area contributed by atoms with Crippen LogP contribution in [0.1, 0.15) is 49.7 Å². The molecule has 1 fully saturated rings. The summed E-state index contributed by atoms with van der Waals surface area (Å²) in [7, 11) is 0. The van der Waals surface area contributed by atoms with Gasteiger partial charge in [0, 0.05) is 29.6 Å². The van der Waals surface area contributed by atoms with Gasteiger partial charge in [0.25, 0.3) is 11.5 Å². The Morgan fingerprint density at radius 1 is 1.12 bits per heavy atom. The summed E-state index contributed by atoms with van der Waals surface area (Å²) >= 11 is 6.29. The molecule has 10 heteroatoms. The van der Waals surface area contributed by atoms with Gasteiger partial charge in [-0.2, -0.15) is 4.98 Å². The highest BCUT2D eigenvalue weighted by atomic mass is 35.5. The smallest absolute Gasteiger partial charge is 0.268 e. The van der Waals surface area contributed by atoms with Crippen molar-refractivity contribution >= 4 is 28.3 Å². The summed E-state index contributed by atoms with van der Waals surface area (Å²) < 4.78 is 3.19. The minimum Gasteiger partial charge on any atom is -0.268 e. The zero-order valence-electron chi connectivity index (χ0n) is 18.0. The Labute approximate surface area is 193 Å². The first kappa shape index (κ1) is 20.0. The van der Waals surface area contributed by atoms with E-state index in [0.717, 1.165) is 24.2 Å². The molecule has 166 valence electrons. The van der Waals surface area contributed by atoms with E-state index in [1.807, 2.05) is 25.1 Å². The van der Waals surface area contributed by atoms with Crippen LogP contribution in [0.2, 0.25) is 5.02 Å². The second kappa shape index (κ2) is 7.77. The molecule has 2 N–H and O–H groups in total. The number of aromatic amines is 2. The lowest BCUT2D eigenvalue weighted by Gasteiger charge is -2.18. The van der Waals surface area contributed by atoms with Crippen molar-refractivity contribution in [1.82, 2.24) is 34.8 Å². The standard InChI is InChI=1S/C23H21ClN8O/c1-13-25-22-26-17-10-11-31(23-27-20(28-29-23)14-6-3-2-4-7-14)21(33)18(17)19(32(22)30-13)15-8-5-9-16(24)12-15/h5,8-12,14H,2-4,6-7H2,1H3,(H,27,28,29)/p+1. The molecule has 0 amide bonds. The number of aryl methyl sites for hydroxylation is 1. The molecule has 0 aliphatic heterocycles. The predicted octanol–water partition coefficient (Wildman–Crippen LogP) is 3.64. The number of halogens is 1. The number of rotatable bonds is 3. The average Bonchev–Trinajstić information content (AvgIpc) is 3.45. The Balaban J connectivity index is 1.59. The van der Waals surface area contributed by atoms with Crippen molar-refractivity contribution in [3.63, 3.8) is 0 Å². The van der Waals surface area contributed by atoms with E-state index in [4.69, 9.17) is 11.6 Å². The average molecular weight is 462 g/mol. The van der Waals surface area contributed by atoms with Crippen LogP contribution in [-0.2, 0) is 0 Å². The van der Waals surface area contributed by atoms with Gasteiger partial charge in [0.05, 0.1) is 0 Å². The van der Waals surface area contributed by atoms with Crippen molar-refractivity contribution < 1.29 is 4.52 Å². The molecular weight excluding hydrogens is 440 g/mol. The predicted molar refractivity (Wildman–Crippen MR) is 124 cm³/mol. The van der Waals surface area contributed by atoms with Crippen LogP contribution < -0.4 is 10.1 Å². The molecular formula is C23H22ClN8O+. The first-order valence-corrected chi connectivity index (χ1v) is 11.5. The number of aromatic nitrogens is 8. The van der Waals surface area contributed by atoms with Gasteiger partial charge >= 0.3 is 5.78 Å². The molecule has 0 unspecified atom stereocenters. The van der Waals surface area contributed by atoms with E-state index in [2.05, 4.69) is 30.2 Å². The molecule has 1 aliphatic carbocycles. The second-order valence-corrected chi connectivity index (χ2v) is 8.96. The minimum atomic E-state index is -0.258. The second-order valence-electron chi connectivity index (χ2n) is 8.52. The van der Waals surface area contributed by atoms with E-state index in [0.29, 0.717) is 45.1 Å². The molecule has 0 bridgehead atoms. The zero-order valence-corrected chi connectivity index (χ0v) is 18.8. The largest absolute Gasteiger partial charge is 0.458 e. The third-order valence-electron chi connectivity index (χ3n) is 6.29. The van der Waals surface area contributed by atoms with Gasteiger partial charge in [-0.15, -0.1) is 9.61 Å². The lowest BCUT2D eigenvalue weighted by atomic mass is 9.89. The molecule has 0 atom stereocenters. The topological polar surface area (TPSA) is 109 Å². The van der Waals surface area contributed by atoms with Crippen LogP contribution >= 0.6 is 11.6 Å². The molecule has 1 aromatic carbocycles. The number of benzene rings is 1. The first-order valence-electron chi connectivity index (χ1n) is 11.1. The Morgan fingerprint density at radius 2 is 1.97 bits per heavy atom. The number of H-pyrrole nitrogens is 2. The van der Waals surface area contributed by atoms with Crippen molar-refractivity contribution in [2.24, 2.45) is 0 Å². The van der Waals surface area contributed by atoms with Crippen molar-refractivity contribution in [2.45, 2.75) is 44.9 Å². The van der Waals surface area contributed by atoms with Gasteiger partial charge in [0.15, 0.2) is 11.2 Å². The molecule has 0 saturated heterocycles. The molecule has 4 aromatic heterocycles. The van der Waals surface area contributed by atoms with Crippen LogP contribution in [0, 0.1) is 6.92 Å². The third-order valence-corrected chi connectivity index (χ3v) is 6.52. The summed E-state index contributed by atoms with van der Waals surface area (Å²) in [6, 6.07) is 9.18. The van der Waals surface area contributed by atoms with E-state index in [9.17, 15) is 4.79 Å². The minimum absolute atomic E-state index is 0.258. The summed E-state index contributed by atoms with van der Waals surface area (Å²) in [5.74, 6) is 2.71. The Bertz CT molecular complexity index is 1560. The first-order chi connectivity index (χ1) is 16.1. The highest BCUT2D eigenvalue weighted by Crippen LogP contribution is 2.31. The summed E-state index contributed by atoms with van der Waals surface area (Å²) in [6.07, 6.45) is 7.52. The number of pyridine rings is 1. The molecule has 1 aliphatic rings. The van der Waals surface area contributed by atoms with Crippen LogP contribution in [0.4, 0.5) is 0 Å². The maximum atomic E-state index is 13.8. The lowest BCUT2D eigenvalue weighted by Crippen LogP contribution is -2.31. The Morgan fingerprint density at radius 3 is 2.79 bits per heavy atom. The number of nitrogens with one attached hydrogen (secondary N) is 2. The maximum absolute atomic E-state index is 13.8. The molecule has 0 spiro atoms. The molecule has 9 nitrogen and oxygen atoms in total. The molecule has 0 radical (unpaired) electrons. The highest BCUT2D eigenvalue weighted by molar-refractivity contribution is 6.30. The van der Waals surface area contributed by atoms with E-state index in [1.54, 1.807) is 22.8 Å². The van der Waals surface area contributed by atoms with Crippen molar-refractivity contribution in [3.8, 4) is 17.2 Å². The lowest BCUT2D eigenvalue weighted by molar-refractivity contribution is -0.567. The third kappa shape index (κ3) is 3.39. The Hall–Kier alpha value is -3.59. The monoisotopic (exact) mass is 461 g/mol. The van der Waals surface area contributed by atoms with Crippen molar-refractivity contribution in [1.29, 1.82) is 0 Å². The number of fused-ring (bicyclic) bond motifs is 2. The van der Waals surface area contributed by atoms with Gasteiger partial charge in [-0.25, -0.2) is 9.67 Å². The number of hydrogen-bond acceptors (Lipinski definition) is 5. The molecule has 4 heterocycles. The van der Waals surface area contributed by atoms with Crippen LogP contribution in [0.15, 0.2) is 41.3 Å².